The minimum Gasteiger partial charge on any atom is -0.356 e. The zero-order chi connectivity index (χ0) is 19.0. The van der Waals surface area contributed by atoms with Crippen molar-refractivity contribution in [3.8, 4) is 0 Å². The van der Waals surface area contributed by atoms with Crippen LogP contribution in [0.1, 0.15) is 11.1 Å². The predicted octanol–water partition coefficient (Wildman–Crippen LogP) is 2.80. The van der Waals surface area contributed by atoms with Gasteiger partial charge in [0.15, 0.2) is 15.8 Å². The molecule has 148 valence electrons. The summed E-state index contributed by atoms with van der Waals surface area (Å²) in [6.45, 7) is 1.22. The van der Waals surface area contributed by atoms with Crippen molar-refractivity contribution in [2.75, 3.05) is 26.4 Å². The van der Waals surface area contributed by atoms with E-state index in [0.29, 0.717) is 35.9 Å². The summed E-state index contributed by atoms with van der Waals surface area (Å²) >= 11 is 0. The maximum absolute atomic E-state index is 13.6. The van der Waals surface area contributed by atoms with Gasteiger partial charge in [-0.25, -0.2) is 12.8 Å². The molecule has 0 atom stereocenters. The molecule has 2 N–H and O–H groups in total. The average Bonchev–Trinajstić information content (AvgIpc) is 2.61. The monoisotopic (exact) mass is 505 g/mol. The van der Waals surface area contributed by atoms with E-state index in [1.807, 2.05) is 18.2 Å². The number of aliphatic imine (C=N–C) groups is 1. The summed E-state index contributed by atoms with van der Waals surface area (Å²) in [6.07, 6.45) is 2.50. The van der Waals surface area contributed by atoms with E-state index in [4.69, 9.17) is 0 Å². The van der Waals surface area contributed by atoms with Gasteiger partial charge in [0.25, 0.3) is 0 Å². The summed E-state index contributed by atoms with van der Waals surface area (Å²) in [7, 11) is -1.49. The second-order valence-corrected chi connectivity index (χ2v) is 7.95. The first-order chi connectivity index (χ1) is 12.4. The highest BCUT2D eigenvalue weighted by Gasteiger charge is 2.06. The Morgan fingerprint density at radius 2 is 1.59 bits per heavy atom. The van der Waals surface area contributed by atoms with Crippen LogP contribution >= 0.6 is 24.0 Å². The molecule has 2 rings (SSSR count). The van der Waals surface area contributed by atoms with Crippen molar-refractivity contribution in [2.24, 2.45) is 4.99 Å². The molecular weight excluding hydrogens is 480 g/mol. The molecule has 0 bridgehead atoms. The third kappa shape index (κ3) is 7.84. The van der Waals surface area contributed by atoms with Crippen molar-refractivity contribution in [3.63, 3.8) is 0 Å². The van der Waals surface area contributed by atoms with Crippen molar-refractivity contribution < 1.29 is 12.8 Å². The van der Waals surface area contributed by atoms with Crippen LogP contribution in [-0.4, -0.2) is 40.8 Å². The fraction of sp³-hybridized carbons (Fsp3) is 0.316. The van der Waals surface area contributed by atoms with Crippen molar-refractivity contribution >= 4 is 39.8 Å². The number of halogens is 2. The van der Waals surface area contributed by atoms with Gasteiger partial charge in [0.05, 0.1) is 4.90 Å². The van der Waals surface area contributed by atoms with Gasteiger partial charge in [-0.3, -0.25) is 4.99 Å². The Hall–Kier alpha value is -1.68. The summed E-state index contributed by atoms with van der Waals surface area (Å²) in [4.78, 5) is 4.46. The largest absolute Gasteiger partial charge is 0.356 e. The van der Waals surface area contributed by atoms with Crippen LogP contribution in [0.25, 0.3) is 0 Å². The highest BCUT2D eigenvalue weighted by Crippen LogP contribution is 2.10. The molecule has 0 aliphatic carbocycles. The molecule has 0 radical (unpaired) electrons. The lowest BCUT2D eigenvalue weighted by Crippen LogP contribution is -2.39. The Balaban J connectivity index is 0.00000364. The van der Waals surface area contributed by atoms with Crippen LogP contribution in [0, 0.1) is 5.82 Å². The first-order valence-electron chi connectivity index (χ1n) is 8.37. The molecule has 0 fully saturated rings. The van der Waals surface area contributed by atoms with Gasteiger partial charge in [-0.2, -0.15) is 0 Å². The first kappa shape index (κ1) is 23.4. The van der Waals surface area contributed by atoms with Crippen LogP contribution in [0.2, 0.25) is 0 Å². The number of sulfone groups is 1. The van der Waals surface area contributed by atoms with Gasteiger partial charge in [-0.05, 0) is 42.2 Å². The molecule has 0 aliphatic heterocycles. The van der Waals surface area contributed by atoms with Gasteiger partial charge in [0.1, 0.15) is 5.82 Å². The zero-order valence-electron chi connectivity index (χ0n) is 15.4. The third-order valence-corrected chi connectivity index (χ3v) is 5.05. The van der Waals surface area contributed by atoms with E-state index >= 15 is 0 Å². The maximum Gasteiger partial charge on any atom is 0.190 e. The van der Waals surface area contributed by atoms with Gasteiger partial charge in [0, 0.05) is 26.4 Å². The normalized spacial score (nSPS) is 11.6. The number of nitrogens with zero attached hydrogens (tertiary/aromatic N) is 1. The van der Waals surface area contributed by atoms with E-state index in [1.54, 1.807) is 31.3 Å². The zero-order valence-corrected chi connectivity index (χ0v) is 18.6. The molecule has 0 heterocycles. The number of benzene rings is 2. The van der Waals surface area contributed by atoms with Crippen LogP contribution in [0.5, 0.6) is 0 Å². The van der Waals surface area contributed by atoms with E-state index < -0.39 is 9.84 Å². The maximum atomic E-state index is 13.6. The van der Waals surface area contributed by atoms with Crippen molar-refractivity contribution in [2.45, 2.75) is 17.7 Å². The molecule has 0 unspecified atom stereocenters. The Bertz CT molecular complexity index is 856. The van der Waals surface area contributed by atoms with E-state index in [-0.39, 0.29) is 29.8 Å². The van der Waals surface area contributed by atoms with Gasteiger partial charge >= 0.3 is 0 Å². The number of nitrogens with one attached hydrogen (secondary N) is 2. The first-order valence-corrected chi connectivity index (χ1v) is 10.3. The number of guanidine groups is 1. The highest BCUT2D eigenvalue weighted by molar-refractivity contribution is 14.0. The van der Waals surface area contributed by atoms with Crippen LogP contribution < -0.4 is 10.6 Å². The lowest BCUT2D eigenvalue weighted by molar-refractivity contribution is 0.601. The number of hydrogen-bond acceptors (Lipinski definition) is 3. The standard InChI is InChI=1S/C19H24FN3O2S.HI/c1-21-19(23-14-12-16-5-3-4-6-18(16)20)22-13-11-15-7-9-17(10-8-15)26(2,24)25;/h3-10H,11-14H2,1-2H3,(H2,21,22,23);1H. The molecule has 27 heavy (non-hydrogen) atoms. The quantitative estimate of drug-likeness (QED) is 0.345. The van der Waals surface area contributed by atoms with Gasteiger partial charge in [0.2, 0.25) is 0 Å². The number of rotatable bonds is 7. The van der Waals surface area contributed by atoms with Gasteiger partial charge in [-0.15, -0.1) is 24.0 Å². The molecule has 2 aromatic carbocycles. The Morgan fingerprint density at radius 1 is 1.00 bits per heavy atom. The fourth-order valence-electron chi connectivity index (χ4n) is 2.47. The van der Waals surface area contributed by atoms with E-state index in [9.17, 15) is 12.8 Å². The van der Waals surface area contributed by atoms with Crippen LogP contribution in [0.15, 0.2) is 58.4 Å². The molecule has 5 nitrogen and oxygen atoms in total. The summed E-state index contributed by atoms with van der Waals surface area (Å²) in [5.41, 5.74) is 1.70. The van der Waals surface area contributed by atoms with E-state index in [1.165, 1.54) is 12.3 Å². The van der Waals surface area contributed by atoms with Gasteiger partial charge < -0.3 is 10.6 Å². The molecule has 0 spiro atoms. The molecule has 8 heteroatoms. The van der Waals surface area contributed by atoms with Gasteiger partial charge in [-0.1, -0.05) is 30.3 Å². The minimum atomic E-state index is -3.17. The Kier molecular flexibility index (Phi) is 9.71. The highest BCUT2D eigenvalue weighted by atomic mass is 127. The lowest BCUT2D eigenvalue weighted by Gasteiger charge is -2.12. The smallest absolute Gasteiger partial charge is 0.190 e. The molecule has 0 saturated heterocycles. The fourth-order valence-corrected chi connectivity index (χ4v) is 3.10. The van der Waals surface area contributed by atoms with Crippen molar-refractivity contribution in [3.05, 3.63) is 65.5 Å². The second kappa shape index (κ2) is 11.2. The average molecular weight is 505 g/mol. The Morgan fingerprint density at radius 3 is 2.15 bits per heavy atom. The summed E-state index contributed by atoms with van der Waals surface area (Å²) < 4.78 is 36.5. The third-order valence-electron chi connectivity index (χ3n) is 3.93. The molecule has 0 aliphatic rings. The molecule has 0 amide bonds. The van der Waals surface area contributed by atoms with E-state index in [0.717, 1.165) is 12.0 Å². The predicted molar refractivity (Wildman–Crippen MR) is 118 cm³/mol. The molecule has 0 saturated carbocycles. The minimum absolute atomic E-state index is 0. The second-order valence-electron chi connectivity index (χ2n) is 5.93. The molecule has 0 aromatic heterocycles. The lowest BCUT2D eigenvalue weighted by atomic mass is 10.1. The van der Waals surface area contributed by atoms with Crippen molar-refractivity contribution in [1.82, 2.24) is 10.6 Å². The van der Waals surface area contributed by atoms with Crippen LogP contribution in [0.4, 0.5) is 4.39 Å². The summed E-state index contributed by atoms with van der Waals surface area (Å²) in [6, 6.07) is 13.6. The number of hydrogen-bond donors (Lipinski definition) is 2. The molecule has 2 aromatic rings. The topological polar surface area (TPSA) is 70.6 Å². The SMILES string of the molecule is CN=C(NCCc1ccc(S(C)(=O)=O)cc1)NCCc1ccccc1F.I. The molecular formula is C19H25FIN3O2S. The van der Waals surface area contributed by atoms with Crippen molar-refractivity contribution in [1.29, 1.82) is 0 Å². The summed E-state index contributed by atoms with van der Waals surface area (Å²) in [5, 5.41) is 6.34. The summed E-state index contributed by atoms with van der Waals surface area (Å²) in [5.74, 6) is 0.448. The Labute approximate surface area is 177 Å². The van der Waals surface area contributed by atoms with Crippen LogP contribution in [0.3, 0.4) is 0 Å². The van der Waals surface area contributed by atoms with Crippen LogP contribution in [-0.2, 0) is 22.7 Å². The van der Waals surface area contributed by atoms with E-state index in [2.05, 4.69) is 15.6 Å².